The molecule has 0 aliphatic rings. The van der Waals surface area contributed by atoms with Crippen molar-refractivity contribution in [2.24, 2.45) is 0 Å². The van der Waals surface area contributed by atoms with Gasteiger partial charge in [-0.15, -0.1) is 11.3 Å². The van der Waals surface area contributed by atoms with Crippen molar-refractivity contribution in [2.75, 3.05) is 7.11 Å². The largest absolute Gasteiger partial charge is 0.497 e. The SMILES string of the molecule is COc1ccc2nc(-c3ccc(-c4cnco4)c(I)c3)sc2c1. The van der Waals surface area contributed by atoms with Gasteiger partial charge in [-0.3, -0.25) is 0 Å². The molecule has 114 valence electrons. The first-order valence-electron chi connectivity index (χ1n) is 6.88. The Morgan fingerprint density at radius 1 is 1.17 bits per heavy atom. The van der Waals surface area contributed by atoms with Crippen LogP contribution >= 0.6 is 33.9 Å². The third kappa shape index (κ3) is 2.72. The van der Waals surface area contributed by atoms with E-state index in [4.69, 9.17) is 14.1 Å². The Labute approximate surface area is 150 Å². The number of aromatic nitrogens is 2. The molecule has 4 rings (SSSR count). The summed E-state index contributed by atoms with van der Waals surface area (Å²) in [5, 5.41) is 0.996. The molecule has 2 aromatic carbocycles. The van der Waals surface area contributed by atoms with E-state index in [1.165, 1.54) is 6.39 Å². The Morgan fingerprint density at radius 3 is 2.83 bits per heavy atom. The minimum absolute atomic E-state index is 0.773. The van der Waals surface area contributed by atoms with Crippen molar-refractivity contribution < 1.29 is 9.15 Å². The third-order valence-corrected chi connectivity index (χ3v) is 5.47. The second kappa shape index (κ2) is 5.93. The second-order valence-electron chi connectivity index (χ2n) is 4.91. The maximum atomic E-state index is 5.38. The molecular weight excluding hydrogens is 423 g/mol. The number of thiazole rings is 1. The summed E-state index contributed by atoms with van der Waals surface area (Å²) < 4.78 is 12.9. The van der Waals surface area contributed by atoms with Crippen LogP contribution in [0.2, 0.25) is 0 Å². The summed E-state index contributed by atoms with van der Waals surface area (Å²) >= 11 is 3.97. The summed E-state index contributed by atoms with van der Waals surface area (Å²) in [5.41, 5.74) is 3.12. The highest BCUT2D eigenvalue weighted by Crippen LogP contribution is 2.35. The molecule has 0 unspecified atom stereocenters. The number of hydrogen-bond acceptors (Lipinski definition) is 5. The molecule has 0 bridgehead atoms. The molecule has 4 aromatic rings. The number of oxazole rings is 1. The molecule has 0 atom stereocenters. The van der Waals surface area contributed by atoms with Gasteiger partial charge in [-0.2, -0.15) is 0 Å². The predicted molar refractivity (Wildman–Crippen MR) is 99.8 cm³/mol. The molecule has 4 nitrogen and oxygen atoms in total. The fourth-order valence-electron chi connectivity index (χ4n) is 2.35. The molecule has 2 heterocycles. The van der Waals surface area contributed by atoms with Gasteiger partial charge in [0.05, 0.1) is 23.5 Å². The van der Waals surface area contributed by atoms with Crippen LogP contribution in [0, 0.1) is 3.57 Å². The van der Waals surface area contributed by atoms with Gasteiger partial charge in [0, 0.05) is 14.7 Å². The van der Waals surface area contributed by atoms with E-state index < -0.39 is 0 Å². The Hall–Kier alpha value is -1.93. The zero-order valence-corrected chi connectivity index (χ0v) is 15.1. The minimum atomic E-state index is 0.773. The highest BCUT2D eigenvalue weighted by molar-refractivity contribution is 14.1. The molecule has 0 spiro atoms. The number of ether oxygens (including phenoxy) is 1. The van der Waals surface area contributed by atoms with E-state index in [0.29, 0.717) is 0 Å². The molecule has 0 amide bonds. The fourth-order valence-corrected chi connectivity index (χ4v) is 4.12. The van der Waals surface area contributed by atoms with Crippen LogP contribution in [0.5, 0.6) is 5.75 Å². The Bertz CT molecular complexity index is 980. The van der Waals surface area contributed by atoms with Crippen molar-refractivity contribution in [3.8, 4) is 27.6 Å². The van der Waals surface area contributed by atoms with E-state index in [-0.39, 0.29) is 0 Å². The van der Waals surface area contributed by atoms with Crippen LogP contribution in [-0.2, 0) is 0 Å². The van der Waals surface area contributed by atoms with Crippen LogP contribution in [0.3, 0.4) is 0 Å². The van der Waals surface area contributed by atoms with Gasteiger partial charge in [0.2, 0.25) is 0 Å². The van der Waals surface area contributed by atoms with Gasteiger partial charge in [-0.25, -0.2) is 9.97 Å². The van der Waals surface area contributed by atoms with E-state index in [0.717, 1.165) is 41.4 Å². The molecule has 0 saturated carbocycles. The molecule has 6 heteroatoms. The first kappa shape index (κ1) is 14.6. The van der Waals surface area contributed by atoms with Crippen LogP contribution in [-0.4, -0.2) is 17.1 Å². The number of fused-ring (bicyclic) bond motifs is 1. The number of rotatable bonds is 3. The van der Waals surface area contributed by atoms with Crippen LogP contribution in [0.4, 0.5) is 0 Å². The van der Waals surface area contributed by atoms with Crippen LogP contribution < -0.4 is 4.74 Å². The molecule has 0 saturated heterocycles. The van der Waals surface area contributed by atoms with Gasteiger partial charge < -0.3 is 9.15 Å². The Morgan fingerprint density at radius 2 is 2.09 bits per heavy atom. The van der Waals surface area contributed by atoms with Crippen molar-refractivity contribution in [3.05, 3.63) is 52.6 Å². The average Bonchev–Trinajstić information content (AvgIpc) is 3.23. The van der Waals surface area contributed by atoms with Gasteiger partial charge in [0.15, 0.2) is 12.2 Å². The third-order valence-electron chi connectivity index (χ3n) is 3.51. The number of hydrogen-bond donors (Lipinski definition) is 0. The zero-order chi connectivity index (χ0) is 15.8. The molecule has 23 heavy (non-hydrogen) atoms. The van der Waals surface area contributed by atoms with Crippen molar-refractivity contribution >= 4 is 44.1 Å². The van der Waals surface area contributed by atoms with E-state index in [9.17, 15) is 0 Å². The van der Waals surface area contributed by atoms with Crippen molar-refractivity contribution in [2.45, 2.75) is 0 Å². The Kier molecular flexibility index (Phi) is 3.78. The maximum absolute atomic E-state index is 5.38. The quantitative estimate of drug-likeness (QED) is 0.415. The maximum Gasteiger partial charge on any atom is 0.181 e. The molecule has 0 fully saturated rings. The first-order chi connectivity index (χ1) is 11.2. The number of methoxy groups -OCH3 is 1. The summed E-state index contributed by atoms with van der Waals surface area (Å²) in [4.78, 5) is 8.69. The molecule has 2 aromatic heterocycles. The van der Waals surface area contributed by atoms with E-state index >= 15 is 0 Å². The first-order valence-corrected chi connectivity index (χ1v) is 8.77. The number of halogens is 1. The van der Waals surface area contributed by atoms with E-state index in [1.807, 2.05) is 24.3 Å². The van der Waals surface area contributed by atoms with Gasteiger partial charge in [0.25, 0.3) is 0 Å². The summed E-state index contributed by atoms with van der Waals surface area (Å²) in [6, 6.07) is 12.2. The lowest BCUT2D eigenvalue weighted by molar-refractivity contribution is 0.415. The topological polar surface area (TPSA) is 48.2 Å². The van der Waals surface area contributed by atoms with Gasteiger partial charge in [0.1, 0.15) is 10.8 Å². The van der Waals surface area contributed by atoms with Gasteiger partial charge in [-0.05, 0) is 52.9 Å². The van der Waals surface area contributed by atoms with Crippen molar-refractivity contribution in [1.29, 1.82) is 0 Å². The van der Waals surface area contributed by atoms with E-state index in [2.05, 4.69) is 39.7 Å². The molecular formula is C17H11IN2O2S. The van der Waals surface area contributed by atoms with Gasteiger partial charge >= 0.3 is 0 Å². The molecule has 0 aliphatic heterocycles. The molecule has 0 radical (unpaired) electrons. The summed E-state index contributed by atoms with van der Waals surface area (Å²) in [6.45, 7) is 0. The summed E-state index contributed by atoms with van der Waals surface area (Å²) in [7, 11) is 1.67. The van der Waals surface area contributed by atoms with Gasteiger partial charge in [-0.1, -0.05) is 6.07 Å². The molecule has 0 aliphatic carbocycles. The van der Waals surface area contributed by atoms with E-state index in [1.54, 1.807) is 24.6 Å². The fraction of sp³-hybridized carbons (Fsp3) is 0.0588. The summed E-state index contributed by atoms with van der Waals surface area (Å²) in [5.74, 6) is 1.62. The Balaban J connectivity index is 1.77. The van der Waals surface area contributed by atoms with Crippen molar-refractivity contribution in [1.82, 2.24) is 9.97 Å². The molecule has 0 N–H and O–H groups in total. The summed E-state index contributed by atoms with van der Waals surface area (Å²) in [6.07, 6.45) is 3.17. The highest BCUT2D eigenvalue weighted by Gasteiger charge is 2.11. The van der Waals surface area contributed by atoms with Crippen LogP contribution in [0.1, 0.15) is 0 Å². The number of nitrogens with zero attached hydrogens (tertiary/aromatic N) is 2. The normalized spacial score (nSPS) is 11.0. The van der Waals surface area contributed by atoms with Crippen LogP contribution in [0.15, 0.2) is 53.4 Å². The highest BCUT2D eigenvalue weighted by atomic mass is 127. The van der Waals surface area contributed by atoms with Crippen LogP contribution in [0.25, 0.3) is 32.1 Å². The monoisotopic (exact) mass is 434 g/mol. The zero-order valence-electron chi connectivity index (χ0n) is 12.1. The second-order valence-corrected chi connectivity index (χ2v) is 7.11. The average molecular weight is 434 g/mol. The van der Waals surface area contributed by atoms with Crippen molar-refractivity contribution in [3.63, 3.8) is 0 Å². The minimum Gasteiger partial charge on any atom is -0.497 e. The lowest BCUT2D eigenvalue weighted by Crippen LogP contribution is -1.83. The predicted octanol–water partition coefficient (Wildman–Crippen LogP) is 5.23. The lowest BCUT2D eigenvalue weighted by atomic mass is 10.1. The number of benzene rings is 2. The standard InChI is InChI=1S/C17H11IN2O2S/c1-21-11-3-5-14-16(7-11)23-17(20-14)10-2-4-12(13(18)6-10)15-8-19-9-22-15/h2-9H,1H3. The smallest absolute Gasteiger partial charge is 0.181 e. The lowest BCUT2D eigenvalue weighted by Gasteiger charge is -2.03.